The van der Waals surface area contributed by atoms with Crippen molar-refractivity contribution in [3.8, 4) is 17.5 Å². The third-order valence-corrected chi connectivity index (χ3v) is 5.73. The van der Waals surface area contributed by atoms with E-state index in [1.807, 2.05) is 62.4 Å². The number of benzene rings is 1. The molecule has 0 aliphatic heterocycles. The highest BCUT2D eigenvalue weighted by Gasteiger charge is 2.15. The number of methoxy groups -OCH3 is 1. The van der Waals surface area contributed by atoms with Crippen LogP contribution in [-0.2, 0) is 17.8 Å². The number of carbonyl (C=O) groups is 1. The second kappa shape index (κ2) is 10.5. The number of pyridine rings is 1. The third kappa shape index (κ3) is 5.47. The summed E-state index contributed by atoms with van der Waals surface area (Å²) in [6.07, 6.45) is 7.72. The Labute approximate surface area is 204 Å². The van der Waals surface area contributed by atoms with E-state index in [0.29, 0.717) is 12.4 Å². The van der Waals surface area contributed by atoms with Gasteiger partial charge in [-0.15, -0.1) is 0 Å². The van der Waals surface area contributed by atoms with Gasteiger partial charge in [0.2, 0.25) is 0 Å². The first-order valence-corrected chi connectivity index (χ1v) is 11.2. The maximum atomic E-state index is 12.8. The molecular formula is C27H26N6O2. The number of amides is 1. The van der Waals surface area contributed by atoms with Crippen molar-refractivity contribution in [1.29, 1.82) is 5.26 Å². The number of hydrogen-bond donors (Lipinski definition) is 1. The van der Waals surface area contributed by atoms with E-state index in [4.69, 9.17) is 4.74 Å². The summed E-state index contributed by atoms with van der Waals surface area (Å²) < 4.78 is 9.07. The first-order valence-electron chi connectivity index (χ1n) is 11.2. The topological polar surface area (TPSA) is 97.8 Å². The number of nitrogens with one attached hydrogen (secondary N) is 1. The SMILES string of the molecule is COc1ccc(-n2c(C)cc(/C=C(/C#N)C(=O)Nc3ccn(CCc4ccncc4)n3)c2C)cc1. The van der Waals surface area contributed by atoms with E-state index >= 15 is 0 Å². The van der Waals surface area contributed by atoms with Gasteiger partial charge in [0.15, 0.2) is 5.82 Å². The minimum atomic E-state index is -0.499. The lowest BCUT2D eigenvalue weighted by atomic mass is 10.1. The smallest absolute Gasteiger partial charge is 0.267 e. The molecule has 0 atom stereocenters. The van der Waals surface area contributed by atoms with Crippen molar-refractivity contribution in [2.24, 2.45) is 0 Å². The summed E-state index contributed by atoms with van der Waals surface area (Å²) in [5.41, 5.74) is 4.85. The zero-order valence-electron chi connectivity index (χ0n) is 19.9. The number of ether oxygens (including phenoxy) is 1. The molecular weight excluding hydrogens is 440 g/mol. The Kier molecular flexibility index (Phi) is 7.07. The van der Waals surface area contributed by atoms with Crippen LogP contribution < -0.4 is 10.1 Å². The summed E-state index contributed by atoms with van der Waals surface area (Å²) in [6.45, 7) is 4.61. The summed E-state index contributed by atoms with van der Waals surface area (Å²) >= 11 is 0. The third-order valence-electron chi connectivity index (χ3n) is 5.73. The minimum Gasteiger partial charge on any atom is -0.497 e. The maximum absolute atomic E-state index is 12.8. The van der Waals surface area contributed by atoms with Crippen molar-refractivity contribution >= 4 is 17.8 Å². The highest BCUT2D eigenvalue weighted by atomic mass is 16.5. The van der Waals surface area contributed by atoms with Gasteiger partial charge in [0, 0.05) is 48.3 Å². The van der Waals surface area contributed by atoms with Gasteiger partial charge in [-0.3, -0.25) is 14.5 Å². The van der Waals surface area contributed by atoms with Crippen LogP contribution in [0.1, 0.15) is 22.5 Å². The van der Waals surface area contributed by atoms with E-state index in [1.54, 1.807) is 42.5 Å². The standard InChI is InChI=1S/C27H26N6O2/c1-19-16-22(20(2)33(19)24-4-6-25(35-3)7-5-24)17-23(18-28)27(34)30-26-11-15-32(31-26)14-10-21-8-12-29-13-9-21/h4-9,11-13,15-17H,10,14H2,1-3H3,(H,30,31,34)/b23-17-. The molecule has 1 aromatic carbocycles. The van der Waals surface area contributed by atoms with Crippen LogP contribution in [0.5, 0.6) is 5.75 Å². The second-order valence-corrected chi connectivity index (χ2v) is 8.05. The highest BCUT2D eigenvalue weighted by Crippen LogP contribution is 2.24. The molecule has 0 saturated heterocycles. The second-order valence-electron chi connectivity index (χ2n) is 8.05. The molecule has 35 heavy (non-hydrogen) atoms. The van der Waals surface area contributed by atoms with Crippen LogP contribution in [0, 0.1) is 25.2 Å². The van der Waals surface area contributed by atoms with Gasteiger partial charge in [0.1, 0.15) is 17.4 Å². The fraction of sp³-hybridized carbons (Fsp3) is 0.185. The molecule has 1 amide bonds. The molecule has 3 aromatic heterocycles. The number of carbonyl (C=O) groups excluding carboxylic acids is 1. The molecule has 8 heteroatoms. The molecule has 176 valence electrons. The monoisotopic (exact) mass is 466 g/mol. The Balaban J connectivity index is 1.47. The van der Waals surface area contributed by atoms with E-state index in [9.17, 15) is 10.1 Å². The van der Waals surface area contributed by atoms with Crippen LogP contribution >= 0.6 is 0 Å². The summed E-state index contributed by atoms with van der Waals surface area (Å²) in [7, 11) is 1.63. The lowest BCUT2D eigenvalue weighted by molar-refractivity contribution is -0.112. The number of hydrogen-bond acceptors (Lipinski definition) is 5. The fourth-order valence-electron chi connectivity index (χ4n) is 3.90. The summed E-state index contributed by atoms with van der Waals surface area (Å²) in [6, 6.07) is 17.3. The minimum absolute atomic E-state index is 0.00585. The fourth-order valence-corrected chi connectivity index (χ4v) is 3.90. The van der Waals surface area contributed by atoms with E-state index < -0.39 is 5.91 Å². The number of nitriles is 1. The molecule has 4 rings (SSSR count). The van der Waals surface area contributed by atoms with Crippen LogP contribution in [0.25, 0.3) is 11.8 Å². The molecule has 0 spiro atoms. The normalized spacial score (nSPS) is 11.2. The first kappa shape index (κ1) is 23.5. The Hall–Kier alpha value is -4.64. The van der Waals surface area contributed by atoms with Crippen LogP contribution in [0.15, 0.2) is 72.7 Å². The predicted octanol–water partition coefficient (Wildman–Crippen LogP) is 4.48. The molecule has 0 aliphatic carbocycles. The van der Waals surface area contributed by atoms with Gasteiger partial charge in [0.05, 0.1) is 7.11 Å². The highest BCUT2D eigenvalue weighted by molar-refractivity contribution is 6.09. The lowest BCUT2D eigenvalue weighted by Gasteiger charge is -2.10. The van der Waals surface area contributed by atoms with E-state index in [2.05, 4.69) is 20.0 Å². The van der Waals surface area contributed by atoms with E-state index in [0.717, 1.165) is 40.4 Å². The molecule has 0 saturated carbocycles. The van der Waals surface area contributed by atoms with Crippen molar-refractivity contribution in [3.63, 3.8) is 0 Å². The van der Waals surface area contributed by atoms with E-state index in [-0.39, 0.29) is 5.57 Å². The average Bonchev–Trinajstić information content (AvgIpc) is 3.44. The molecule has 0 bridgehead atoms. The molecule has 0 unspecified atom stereocenters. The molecule has 3 heterocycles. The quantitative estimate of drug-likeness (QED) is 0.305. The summed E-state index contributed by atoms with van der Waals surface area (Å²) in [4.78, 5) is 16.8. The summed E-state index contributed by atoms with van der Waals surface area (Å²) in [5.74, 6) is 0.676. The Morgan fingerprint density at radius 1 is 1.14 bits per heavy atom. The molecule has 4 aromatic rings. The number of aromatic nitrogens is 4. The number of rotatable bonds is 8. The van der Waals surface area contributed by atoms with Gasteiger partial charge in [-0.1, -0.05) is 0 Å². The average molecular weight is 467 g/mol. The Morgan fingerprint density at radius 3 is 2.57 bits per heavy atom. The molecule has 0 fully saturated rings. The van der Waals surface area contributed by atoms with Crippen LogP contribution in [-0.4, -0.2) is 32.3 Å². The molecule has 0 aliphatic rings. The van der Waals surface area contributed by atoms with E-state index in [1.165, 1.54) is 0 Å². The van der Waals surface area contributed by atoms with Crippen LogP contribution in [0.2, 0.25) is 0 Å². The van der Waals surface area contributed by atoms with Crippen molar-refractivity contribution in [2.75, 3.05) is 12.4 Å². The zero-order valence-corrected chi connectivity index (χ0v) is 19.9. The van der Waals surface area contributed by atoms with Gasteiger partial charge in [-0.2, -0.15) is 10.4 Å². The number of aryl methyl sites for hydroxylation is 3. The van der Waals surface area contributed by atoms with Gasteiger partial charge >= 0.3 is 0 Å². The molecule has 8 nitrogen and oxygen atoms in total. The van der Waals surface area contributed by atoms with Gasteiger partial charge in [-0.05, 0) is 79.9 Å². The summed E-state index contributed by atoms with van der Waals surface area (Å²) in [5, 5.41) is 16.8. The van der Waals surface area contributed by atoms with Crippen LogP contribution in [0.4, 0.5) is 5.82 Å². The lowest BCUT2D eigenvalue weighted by Crippen LogP contribution is -2.14. The molecule has 1 N–H and O–H groups in total. The number of anilines is 1. The molecule has 0 radical (unpaired) electrons. The Bertz CT molecular complexity index is 1390. The van der Waals surface area contributed by atoms with Crippen molar-refractivity contribution in [2.45, 2.75) is 26.8 Å². The van der Waals surface area contributed by atoms with Gasteiger partial charge in [-0.25, -0.2) is 0 Å². The van der Waals surface area contributed by atoms with Crippen molar-refractivity contribution < 1.29 is 9.53 Å². The van der Waals surface area contributed by atoms with Gasteiger partial charge in [0.25, 0.3) is 5.91 Å². The zero-order chi connectivity index (χ0) is 24.8. The van der Waals surface area contributed by atoms with Crippen molar-refractivity contribution in [3.05, 3.63) is 95.2 Å². The van der Waals surface area contributed by atoms with Crippen molar-refractivity contribution in [1.82, 2.24) is 19.3 Å². The van der Waals surface area contributed by atoms with Gasteiger partial charge < -0.3 is 14.6 Å². The first-order chi connectivity index (χ1) is 17.0. The Morgan fingerprint density at radius 2 is 1.89 bits per heavy atom. The number of nitrogens with zero attached hydrogens (tertiary/aromatic N) is 5. The largest absolute Gasteiger partial charge is 0.497 e. The van der Waals surface area contributed by atoms with Crippen LogP contribution in [0.3, 0.4) is 0 Å². The predicted molar refractivity (Wildman–Crippen MR) is 134 cm³/mol. The maximum Gasteiger partial charge on any atom is 0.267 e.